The second-order valence-electron chi connectivity index (χ2n) is 5.80. The highest BCUT2D eigenvalue weighted by Gasteiger charge is 2.18. The number of hydrogen-bond acceptors (Lipinski definition) is 4. The van der Waals surface area contributed by atoms with Crippen LogP contribution in [0.5, 0.6) is 5.75 Å². The van der Waals surface area contributed by atoms with Gasteiger partial charge in [-0.3, -0.25) is 5.01 Å². The minimum atomic E-state index is 0.909. The molecule has 0 saturated carbocycles. The quantitative estimate of drug-likeness (QED) is 0.742. The van der Waals surface area contributed by atoms with E-state index in [1.165, 1.54) is 0 Å². The highest BCUT2D eigenvalue weighted by atomic mass is 79.9. The van der Waals surface area contributed by atoms with Crippen molar-refractivity contribution in [3.05, 3.63) is 58.6 Å². The van der Waals surface area contributed by atoms with Gasteiger partial charge in [-0.25, -0.2) is 0 Å². The number of halogens is 1. The van der Waals surface area contributed by atoms with Crippen LogP contribution in [0.25, 0.3) is 0 Å². The largest absolute Gasteiger partial charge is 0.495 e. The van der Waals surface area contributed by atoms with Gasteiger partial charge in [0.25, 0.3) is 0 Å². The van der Waals surface area contributed by atoms with Crippen molar-refractivity contribution in [3.63, 3.8) is 0 Å². The molecule has 5 heteroatoms. The zero-order chi connectivity index (χ0) is 16.9. The summed E-state index contributed by atoms with van der Waals surface area (Å²) in [5.74, 6) is 0.931. The number of rotatable bonds is 4. The van der Waals surface area contributed by atoms with E-state index >= 15 is 0 Å². The first-order valence-corrected chi connectivity index (χ1v) is 8.91. The van der Waals surface area contributed by atoms with E-state index in [4.69, 9.17) is 9.84 Å². The predicted octanol–water partition coefficient (Wildman–Crippen LogP) is 4.00. The molecule has 0 unspecified atom stereocenters. The number of ether oxygens (including phenoxy) is 1. The number of hydrazone groups is 1. The Balaban J connectivity index is 1.64. The average molecular weight is 388 g/mol. The Morgan fingerprint density at radius 1 is 1.00 bits per heavy atom. The topological polar surface area (TPSA) is 28.1 Å². The Morgan fingerprint density at radius 3 is 2.33 bits per heavy atom. The highest BCUT2D eigenvalue weighted by Crippen LogP contribution is 2.28. The van der Waals surface area contributed by atoms with Crippen LogP contribution in [0.3, 0.4) is 0 Å². The highest BCUT2D eigenvalue weighted by molar-refractivity contribution is 9.10. The molecule has 1 heterocycles. The summed E-state index contributed by atoms with van der Waals surface area (Å²) in [6.45, 7) is 5.77. The molecule has 3 rings (SSSR count). The Bertz CT molecular complexity index is 707. The van der Waals surface area contributed by atoms with Gasteiger partial charge in [-0.15, -0.1) is 0 Å². The molecule has 1 saturated heterocycles. The molecule has 0 N–H and O–H groups in total. The third-order valence-electron chi connectivity index (χ3n) is 4.24. The van der Waals surface area contributed by atoms with Gasteiger partial charge in [0, 0.05) is 17.6 Å². The van der Waals surface area contributed by atoms with Gasteiger partial charge >= 0.3 is 0 Å². The number of piperazine rings is 1. The predicted molar refractivity (Wildman–Crippen MR) is 103 cm³/mol. The molecule has 0 amide bonds. The Hall–Kier alpha value is -2.01. The van der Waals surface area contributed by atoms with Gasteiger partial charge < -0.3 is 9.64 Å². The molecular formula is C19H22BrN3O. The molecule has 1 aliphatic rings. The van der Waals surface area contributed by atoms with E-state index in [0.29, 0.717) is 0 Å². The van der Waals surface area contributed by atoms with Crippen molar-refractivity contribution in [1.82, 2.24) is 5.01 Å². The van der Waals surface area contributed by atoms with Crippen LogP contribution in [-0.4, -0.2) is 44.0 Å². The van der Waals surface area contributed by atoms with Crippen LogP contribution in [0.15, 0.2) is 58.1 Å². The molecule has 0 spiro atoms. The second kappa shape index (κ2) is 7.71. The van der Waals surface area contributed by atoms with Gasteiger partial charge in [0.1, 0.15) is 5.75 Å². The van der Waals surface area contributed by atoms with Crippen molar-refractivity contribution in [3.8, 4) is 5.75 Å². The Labute approximate surface area is 151 Å². The zero-order valence-corrected chi connectivity index (χ0v) is 15.7. The molecule has 2 aromatic rings. The van der Waals surface area contributed by atoms with Crippen LogP contribution in [0.2, 0.25) is 0 Å². The van der Waals surface area contributed by atoms with E-state index < -0.39 is 0 Å². The monoisotopic (exact) mass is 387 g/mol. The summed E-state index contributed by atoms with van der Waals surface area (Å²) >= 11 is 3.47. The molecular weight excluding hydrogens is 366 g/mol. The first kappa shape index (κ1) is 16.8. The maximum atomic E-state index is 5.47. The molecule has 4 nitrogen and oxygen atoms in total. The second-order valence-corrected chi connectivity index (χ2v) is 6.72. The molecule has 24 heavy (non-hydrogen) atoms. The maximum Gasteiger partial charge on any atom is 0.142 e. The van der Waals surface area contributed by atoms with E-state index in [1.807, 2.05) is 24.3 Å². The fraction of sp³-hybridized carbons (Fsp3) is 0.316. The van der Waals surface area contributed by atoms with Crippen molar-refractivity contribution < 1.29 is 4.74 Å². The molecule has 2 aromatic carbocycles. The molecule has 0 aliphatic carbocycles. The third-order valence-corrected chi connectivity index (χ3v) is 4.76. The van der Waals surface area contributed by atoms with Crippen LogP contribution in [0, 0.1) is 0 Å². The van der Waals surface area contributed by atoms with Crippen molar-refractivity contribution >= 4 is 27.3 Å². The van der Waals surface area contributed by atoms with Crippen molar-refractivity contribution in [2.24, 2.45) is 5.10 Å². The molecule has 1 aliphatic heterocycles. The maximum absolute atomic E-state index is 5.47. The lowest BCUT2D eigenvalue weighted by Crippen LogP contribution is -2.44. The fourth-order valence-corrected chi connectivity index (χ4v) is 3.15. The SMILES string of the molecule is COc1ccccc1N1CCN(/N=C(\C)c2ccc(Br)cc2)CC1. The van der Waals surface area contributed by atoms with Crippen LogP contribution in [0.1, 0.15) is 12.5 Å². The molecule has 0 radical (unpaired) electrons. The van der Waals surface area contributed by atoms with Crippen molar-refractivity contribution in [2.75, 3.05) is 38.2 Å². The third kappa shape index (κ3) is 3.90. The molecule has 0 aromatic heterocycles. The summed E-state index contributed by atoms with van der Waals surface area (Å²) in [6.07, 6.45) is 0. The van der Waals surface area contributed by atoms with Gasteiger partial charge in [0.05, 0.1) is 31.6 Å². The molecule has 1 fully saturated rings. The summed E-state index contributed by atoms with van der Waals surface area (Å²) in [6, 6.07) is 16.5. The smallest absolute Gasteiger partial charge is 0.142 e. The van der Waals surface area contributed by atoms with Gasteiger partial charge in [-0.1, -0.05) is 40.2 Å². The van der Waals surface area contributed by atoms with Crippen LogP contribution >= 0.6 is 15.9 Å². The van der Waals surface area contributed by atoms with Gasteiger partial charge in [0.2, 0.25) is 0 Å². The minimum absolute atomic E-state index is 0.909. The number of para-hydroxylation sites is 2. The lowest BCUT2D eigenvalue weighted by atomic mass is 10.1. The lowest BCUT2D eigenvalue weighted by Gasteiger charge is -2.35. The zero-order valence-electron chi connectivity index (χ0n) is 14.1. The Kier molecular flexibility index (Phi) is 5.41. The van der Waals surface area contributed by atoms with E-state index in [1.54, 1.807) is 7.11 Å². The normalized spacial score (nSPS) is 15.5. The van der Waals surface area contributed by atoms with E-state index in [9.17, 15) is 0 Å². The summed E-state index contributed by atoms with van der Waals surface area (Å²) in [4.78, 5) is 2.36. The number of anilines is 1. The summed E-state index contributed by atoms with van der Waals surface area (Å²) in [5, 5.41) is 6.94. The lowest BCUT2D eigenvalue weighted by molar-refractivity contribution is 0.269. The summed E-state index contributed by atoms with van der Waals surface area (Å²) < 4.78 is 6.56. The van der Waals surface area contributed by atoms with Crippen LogP contribution in [0.4, 0.5) is 5.69 Å². The van der Waals surface area contributed by atoms with E-state index in [2.05, 4.69) is 57.0 Å². The standard InChI is InChI=1S/C19H22BrN3O/c1-15(16-7-9-17(20)10-8-16)21-23-13-11-22(12-14-23)18-5-3-4-6-19(18)24-2/h3-10H,11-14H2,1-2H3/b21-15+. The van der Waals surface area contributed by atoms with Crippen molar-refractivity contribution in [1.29, 1.82) is 0 Å². The first-order chi connectivity index (χ1) is 11.7. The van der Waals surface area contributed by atoms with Crippen molar-refractivity contribution in [2.45, 2.75) is 6.92 Å². The number of hydrogen-bond donors (Lipinski definition) is 0. The number of benzene rings is 2. The fourth-order valence-electron chi connectivity index (χ4n) is 2.89. The van der Waals surface area contributed by atoms with Crippen LogP contribution < -0.4 is 9.64 Å². The average Bonchev–Trinajstić information content (AvgIpc) is 2.63. The molecule has 0 bridgehead atoms. The molecule has 126 valence electrons. The number of methoxy groups -OCH3 is 1. The van der Waals surface area contributed by atoms with Gasteiger partial charge in [-0.2, -0.15) is 5.10 Å². The number of nitrogens with zero attached hydrogens (tertiary/aromatic N) is 3. The van der Waals surface area contributed by atoms with E-state index in [-0.39, 0.29) is 0 Å². The van der Waals surface area contributed by atoms with Crippen LogP contribution in [-0.2, 0) is 0 Å². The van der Waals surface area contributed by atoms with Gasteiger partial charge in [-0.05, 0) is 36.8 Å². The Morgan fingerprint density at radius 2 is 1.67 bits per heavy atom. The summed E-state index contributed by atoms with van der Waals surface area (Å²) in [5.41, 5.74) is 3.37. The first-order valence-electron chi connectivity index (χ1n) is 8.11. The summed E-state index contributed by atoms with van der Waals surface area (Å²) in [7, 11) is 1.72. The van der Waals surface area contributed by atoms with E-state index in [0.717, 1.165) is 53.4 Å². The molecule has 0 atom stereocenters. The van der Waals surface area contributed by atoms with Gasteiger partial charge in [0.15, 0.2) is 0 Å². The minimum Gasteiger partial charge on any atom is -0.495 e.